The predicted molar refractivity (Wildman–Crippen MR) is 62.0 cm³/mol. The van der Waals surface area contributed by atoms with Crippen LogP contribution in [0.5, 0.6) is 0 Å². The van der Waals surface area contributed by atoms with Crippen LogP contribution in [0, 0.1) is 0 Å². The molecule has 0 bridgehead atoms. The molecule has 0 radical (unpaired) electrons. The monoisotopic (exact) mass is 245 g/mol. The van der Waals surface area contributed by atoms with Gasteiger partial charge in [-0.15, -0.1) is 11.3 Å². The summed E-state index contributed by atoms with van der Waals surface area (Å²) in [5.74, 6) is 0. The third-order valence-corrected chi connectivity index (χ3v) is 6.55. The topological polar surface area (TPSA) is 46.2 Å². The molecule has 0 saturated heterocycles. The molecule has 1 aliphatic rings. The Morgan fingerprint density at radius 2 is 2.33 bits per heavy atom. The lowest BCUT2D eigenvalue weighted by molar-refractivity contribution is 0.478. The summed E-state index contributed by atoms with van der Waals surface area (Å²) in [6.45, 7) is 4.70. The Balaban J connectivity index is 2.48. The second-order valence-corrected chi connectivity index (χ2v) is 7.34. The van der Waals surface area contributed by atoms with Crippen LogP contribution >= 0.6 is 11.3 Å². The van der Waals surface area contributed by atoms with Crippen LogP contribution in [0.3, 0.4) is 0 Å². The molecular formula is C10H15NO2S2. The molecule has 0 spiro atoms. The summed E-state index contributed by atoms with van der Waals surface area (Å²) in [7, 11) is -3.05. The third kappa shape index (κ3) is 1.73. The summed E-state index contributed by atoms with van der Waals surface area (Å²) in [6, 6.07) is 2.13. The molecule has 2 rings (SSSR count). The first-order chi connectivity index (χ1) is 7.07. The molecule has 1 aromatic rings. The zero-order chi connectivity index (χ0) is 11.1. The molecule has 5 heteroatoms. The fraction of sp³-hybridized carbons (Fsp3) is 0.600. The van der Waals surface area contributed by atoms with Crippen molar-refractivity contribution in [2.75, 3.05) is 6.54 Å². The second-order valence-electron chi connectivity index (χ2n) is 3.86. The van der Waals surface area contributed by atoms with E-state index in [2.05, 4.69) is 5.32 Å². The lowest BCUT2D eigenvalue weighted by atomic mass is 10.1. The molecule has 1 aliphatic heterocycles. The van der Waals surface area contributed by atoms with Crippen LogP contribution in [0.25, 0.3) is 0 Å². The van der Waals surface area contributed by atoms with Gasteiger partial charge in [-0.1, -0.05) is 6.92 Å². The smallest absolute Gasteiger partial charge is 0.190 e. The number of rotatable bonds is 2. The van der Waals surface area contributed by atoms with Gasteiger partial charge >= 0.3 is 0 Å². The fourth-order valence-electron chi connectivity index (χ4n) is 2.00. The quantitative estimate of drug-likeness (QED) is 0.866. The van der Waals surface area contributed by atoms with Crippen molar-refractivity contribution in [3.63, 3.8) is 0 Å². The molecule has 2 atom stereocenters. The summed E-state index contributed by atoms with van der Waals surface area (Å²) in [4.78, 5) is 0. The second kappa shape index (κ2) is 3.88. The van der Waals surface area contributed by atoms with Crippen LogP contribution in [-0.2, 0) is 9.84 Å². The highest BCUT2D eigenvalue weighted by Gasteiger charge is 2.36. The minimum atomic E-state index is -3.05. The summed E-state index contributed by atoms with van der Waals surface area (Å²) < 4.78 is 24.6. The van der Waals surface area contributed by atoms with Crippen molar-refractivity contribution in [1.29, 1.82) is 0 Å². The number of sulfone groups is 1. The van der Waals surface area contributed by atoms with Crippen molar-refractivity contribution in [2.24, 2.45) is 0 Å². The molecule has 2 heterocycles. The van der Waals surface area contributed by atoms with E-state index in [-0.39, 0.29) is 11.3 Å². The fourth-order valence-corrected chi connectivity index (χ4v) is 5.23. The molecule has 84 valence electrons. The average molecular weight is 245 g/mol. The van der Waals surface area contributed by atoms with Gasteiger partial charge in [0.1, 0.15) is 4.21 Å². The van der Waals surface area contributed by atoms with Gasteiger partial charge in [0.15, 0.2) is 9.84 Å². The van der Waals surface area contributed by atoms with E-state index in [4.69, 9.17) is 0 Å². The van der Waals surface area contributed by atoms with E-state index in [0.717, 1.165) is 12.1 Å². The van der Waals surface area contributed by atoms with E-state index in [1.165, 1.54) is 11.3 Å². The lowest BCUT2D eigenvalue weighted by Gasteiger charge is -2.27. The van der Waals surface area contributed by atoms with E-state index >= 15 is 0 Å². The maximum Gasteiger partial charge on any atom is 0.190 e. The molecular weight excluding hydrogens is 230 g/mol. The van der Waals surface area contributed by atoms with Crippen LogP contribution in [0.15, 0.2) is 15.7 Å². The summed E-state index contributed by atoms with van der Waals surface area (Å²) in [5.41, 5.74) is 0.958. The summed E-state index contributed by atoms with van der Waals surface area (Å²) in [6.07, 6.45) is 0.680. The van der Waals surface area contributed by atoms with Crippen molar-refractivity contribution in [3.05, 3.63) is 17.0 Å². The molecule has 0 amide bonds. The molecule has 0 unspecified atom stereocenters. The van der Waals surface area contributed by atoms with Gasteiger partial charge < -0.3 is 5.32 Å². The first-order valence-electron chi connectivity index (χ1n) is 5.12. The zero-order valence-corrected chi connectivity index (χ0v) is 10.5. The number of nitrogens with one attached hydrogen (secondary N) is 1. The zero-order valence-electron chi connectivity index (χ0n) is 8.86. The largest absolute Gasteiger partial charge is 0.310 e. The maximum atomic E-state index is 12.0. The lowest BCUT2D eigenvalue weighted by Crippen LogP contribution is -2.33. The van der Waals surface area contributed by atoms with Gasteiger partial charge in [-0.25, -0.2) is 8.42 Å². The van der Waals surface area contributed by atoms with Crippen molar-refractivity contribution in [2.45, 2.75) is 35.8 Å². The van der Waals surface area contributed by atoms with Crippen molar-refractivity contribution in [3.8, 4) is 0 Å². The average Bonchev–Trinajstić information content (AvgIpc) is 2.64. The van der Waals surface area contributed by atoms with E-state index in [1.54, 1.807) is 6.92 Å². The summed E-state index contributed by atoms with van der Waals surface area (Å²) in [5, 5.41) is 4.93. The van der Waals surface area contributed by atoms with E-state index < -0.39 is 9.84 Å². The predicted octanol–water partition coefficient (Wildman–Crippen LogP) is 1.96. The minimum absolute atomic E-state index is 0.203. The number of thiophene rings is 1. The highest BCUT2D eigenvalue weighted by molar-refractivity contribution is 7.94. The Hall–Kier alpha value is -0.390. The van der Waals surface area contributed by atoms with Gasteiger partial charge in [0.05, 0.1) is 5.25 Å². The van der Waals surface area contributed by atoms with Crippen molar-refractivity contribution < 1.29 is 8.42 Å². The number of hydrogen-bond donors (Lipinski definition) is 1. The first-order valence-corrected chi connectivity index (χ1v) is 7.54. The highest BCUT2D eigenvalue weighted by atomic mass is 32.2. The first kappa shape index (κ1) is 11.1. The highest BCUT2D eigenvalue weighted by Crippen LogP contribution is 2.39. The molecule has 0 saturated carbocycles. The number of fused-ring (bicyclic) bond motifs is 1. The van der Waals surface area contributed by atoms with Crippen molar-refractivity contribution in [1.82, 2.24) is 5.32 Å². The number of hydrogen-bond acceptors (Lipinski definition) is 4. The van der Waals surface area contributed by atoms with Gasteiger partial charge in [0, 0.05) is 6.04 Å². The van der Waals surface area contributed by atoms with Gasteiger partial charge in [0.2, 0.25) is 0 Å². The Labute approximate surface area is 94.4 Å². The van der Waals surface area contributed by atoms with Crippen molar-refractivity contribution >= 4 is 21.2 Å². The van der Waals surface area contributed by atoms with E-state index in [0.29, 0.717) is 10.6 Å². The van der Waals surface area contributed by atoms with Gasteiger partial charge in [-0.2, -0.15) is 0 Å². The summed E-state index contributed by atoms with van der Waals surface area (Å²) >= 11 is 1.34. The van der Waals surface area contributed by atoms with E-state index in [1.807, 2.05) is 18.4 Å². The molecule has 0 aromatic carbocycles. The molecule has 1 N–H and O–H groups in total. The Morgan fingerprint density at radius 3 is 3.00 bits per heavy atom. The maximum absolute atomic E-state index is 12.0. The molecule has 3 nitrogen and oxygen atoms in total. The Morgan fingerprint density at radius 1 is 1.60 bits per heavy atom. The third-order valence-electron chi connectivity index (χ3n) is 2.84. The SMILES string of the molecule is CCN[C@H]1C[C@H](C)S(=O)(=O)c2sccc21. The molecule has 15 heavy (non-hydrogen) atoms. The molecule has 1 aromatic heterocycles. The Bertz CT molecular complexity index is 450. The minimum Gasteiger partial charge on any atom is -0.310 e. The van der Waals surface area contributed by atoms with Crippen LogP contribution in [0.1, 0.15) is 31.9 Å². The molecule has 0 aliphatic carbocycles. The normalized spacial score (nSPS) is 28.7. The van der Waals surface area contributed by atoms with E-state index in [9.17, 15) is 8.42 Å². The molecule has 0 fully saturated rings. The van der Waals surface area contributed by atoms with Crippen LogP contribution in [-0.4, -0.2) is 20.2 Å². The van der Waals surface area contributed by atoms with Crippen LogP contribution in [0.4, 0.5) is 0 Å². The van der Waals surface area contributed by atoms with Crippen LogP contribution < -0.4 is 5.32 Å². The van der Waals surface area contributed by atoms with Gasteiger partial charge in [0.25, 0.3) is 0 Å². The van der Waals surface area contributed by atoms with Gasteiger partial charge in [-0.3, -0.25) is 0 Å². The standard InChI is InChI=1S/C10H15NO2S2/c1-3-11-9-6-7(2)15(12,13)10-8(9)4-5-14-10/h4-5,7,9,11H,3,6H2,1-2H3/t7-,9-/m0/s1. The van der Waals surface area contributed by atoms with Crippen LogP contribution in [0.2, 0.25) is 0 Å². The van der Waals surface area contributed by atoms with Gasteiger partial charge in [-0.05, 0) is 36.9 Å². The Kier molecular flexibility index (Phi) is 2.87.